The topological polar surface area (TPSA) is 163 Å². The largest absolute Gasteiger partial charge is 0.506 e. The number of anilines is 1. The fourth-order valence-corrected chi connectivity index (χ4v) is 5.38. The molecule has 4 aromatic carbocycles. The highest BCUT2D eigenvalue weighted by molar-refractivity contribution is 7.80. The van der Waals surface area contributed by atoms with Crippen molar-refractivity contribution < 1.29 is 103 Å². The van der Waals surface area contributed by atoms with Crippen LogP contribution in [0, 0.1) is 10.1 Å². The Balaban J connectivity index is 0.000000359. The average molecular weight is 1040 g/mol. The van der Waals surface area contributed by atoms with Crippen LogP contribution in [-0.4, -0.2) is 38.0 Å². The molecule has 3 amide bonds. The minimum Gasteiger partial charge on any atom is -0.506 e. The molecule has 0 aliphatic carbocycles. The second-order valence-corrected chi connectivity index (χ2v) is 13.8. The van der Waals surface area contributed by atoms with Crippen molar-refractivity contribution in [3.63, 3.8) is 0 Å². The molecule has 0 unspecified atom stereocenters. The molecule has 32 heteroatoms. The summed E-state index contributed by atoms with van der Waals surface area (Å²) in [7, 11) is 0. The quantitative estimate of drug-likeness (QED) is 0.0431. The molecular formula is C35H16ClF18N5O6S2. The molecule has 362 valence electrons. The number of hydrogen-bond donors (Lipinski definition) is 5. The van der Waals surface area contributed by atoms with Gasteiger partial charge in [0.05, 0.1) is 44.0 Å². The number of amides is 3. The second kappa shape index (κ2) is 19.8. The number of nitrogens with one attached hydrogen (secondary N) is 4. The van der Waals surface area contributed by atoms with Crippen LogP contribution in [0.3, 0.4) is 0 Å². The van der Waals surface area contributed by atoms with Crippen molar-refractivity contribution in [3.8, 4) is 5.75 Å². The first kappa shape index (κ1) is 54.8. The molecule has 0 atom stereocenters. The monoisotopic (exact) mass is 1040 g/mol. The highest BCUT2D eigenvalue weighted by Crippen LogP contribution is 2.40. The van der Waals surface area contributed by atoms with Gasteiger partial charge in [-0.2, -0.15) is 79.0 Å². The van der Waals surface area contributed by atoms with Crippen molar-refractivity contribution >= 4 is 75.4 Å². The third-order valence-corrected chi connectivity index (χ3v) is 8.45. The number of phenols is 1. The van der Waals surface area contributed by atoms with E-state index in [1.807, 2.05) is 5.32 Å². The van der Waals surface area contributed by atoms with E-state index in [0.29, 0.717) is 0 Å². The highest BCUT2D eigenvalue weighted by atomic mass is 35.5. The lowest BCUT2D eigenvalue weighted by Gasteiger charge is -2.15. The van der Waals surface area contributed by atoms with E-state index in [0.717, 1.165) is 12.1 Å². The predicted molar refractivity (Wildman–Crippen MR) is 200 cm³/mol. The van der Waals surface area contributed by atoms with Crippen LogP contribution in [0.4, 0.5) is 90.4 Å². The molecule has 11 nitrogen and oxygen atoms in total. The normalized spacial score (nSPS) is 12.3. The van der Waals surface area contributed by atoms with E-state index in [-0.39, 0.29) is 54.6 Å². The summed E-state index contributed by atoms with van der Waals surface area (Å²) in [5.41, 5.74) is -15.3. The van der Waals surface area contributed by atoms with E-state index in [4.69, 9.17) is 23.8 Å². The number of thiocarbonyl (C=S) groups is 2. The number of nitro groups is 1. The van der Waals surface area contributed by atoms with Gasteiger partial charge in [-0.15, -0.1) is 0 Å². The molecule has 0 aliphatic heterocycles. The Kier molecular flexibility index (Phi) is 16.2. The SMILES string of the molecule is O=C(NC(=S)NC(=O)c1cc(C(F)(F)F)cc(C(F)(F)F)c1)c1cc(C(F)(F)F)cc(C(F)(F)F)c1.O=C(NC(=S)Nc1cc([N+](=O)[O-])c(Cl)cc1O)c1cc(C(F)(F)F)cc(C(F)(F)F)c1. The molecule has 0 radical (unpaired) electrons. The van der Waals surface area contributed by atoms with Crippen LogP contribution in [0.15, 0.2) is 66.7 Å². The van der Waals surface area contributed by atoms with Gasteiger partial charge in [0.25, 0.3) is 23.4 Å². The molecule has 4 aromatic rings. The molecule has 0 fully saturated rings. The number of halogens is 19. The molecule has 0 spiro atoms. The van der Waals surface area contributed by atoms with Crippen molar-refractivity contribution in [2.24, 2.45) is 0 Å². The van der Waals surface area contributed by atoms with Gasteiger partial charge in [-0.1, -0.05) is 11.6 Å². The Hall–Kier alpha value is -6.50. The maximum atomic E-state index is 12.9. The lowest BCUT2D eigenvalue weighted by molar-refractivity contribution is -0.384. The van der Waals surface area contributed by atoms with Gasteiger partial charge in [0.1, 0.15) is 10.8 Å². The number of phenolic OH excluding ortho intramolecular Hbond substituents is 1. The molecule has 0 aliphatic rings. The molecular weight excluding hydrogens is 1030 g/mol. The van der Waals surface area contributed by atoms with Gasteiger partial charge in [0, 0.05) is 28.8 Å². The van der Waals surface area contributed by atoms with Gasteiger partial charge < -0.3 is 10.4 Å². The number of carbonyl (C=O) groups is 3. The fourth-order valence-electron chi connectivity index (χ4n) is 4.76. The molecule has 0 saturated heterocycles. The van der Waals surface area contributed by atoms with Crippen LogP contribution in [0.2, 0.25) is 5.02 Å². The molecule has 0 heterocycles. The summed E-state index contributed by atoms with van der Waals surface area (Å²) in [6, 6.07) is 1.32. The molecule has 5 N–H and O–H groups in total. The van der Waals surface area contributed by atoms with Crippen molar-refractivity contribution in [3.05, 3.63) is 132 Å². The standard InChI is InChI=1S/C19H8F12N2O2S.C16H8ClF6N3O4S/c20-16(21,22)9-1-7(2-10(5-9)17(23,24)25)13(34)32-15(36)33-14(35)8-3-11(18(26,27)28)6-12(4-8)19(29,30)31;17-9-4-12(27)10(5-11(9)26(29)30)24-14(31)25-13(28)6-1-7(15(18,19)20)3-8(2-6)16(21,22)23/h1-6H,(H2,32,33,34,35,36);1-5,27H,(H2,24,25,28,31). The van der Waals surface area contributed by atoms with Crippen LogP contribution < -0.4 is 21.3 Å². The second-order valence-electron chi connectivity index (χ2n) is 12.6. The van der Waals surface area contributed by atoms with Gasteiger partial charge >= 0.3 is 37.1 Å². The van der Waals surface area contributed by atoms with Crippen molar-refractivity contribution in [1.82, 2.24) is 16.0 Å². The van der Waals surface area contributed by atoms with Crippen LogP contribution >= 0.6 is 36.0 Å². The number of carbonyl (C=O) groups excluding carboxylic acids is 3. The molecule has 4 rings (SSSR count). The van der Waals surface area contributed by atoms with E-state index in [1.165, 1.54) is 10.6 Å². The first-order chi connectivity index (χ1) is 30.2. The highest BCUT2D eigenvalue weighted by Gasteiger charge is 2.40. The van der Waals surface area contributed by atoms with Gasteiger partial charge in [-0.25, -0.2) is 0 Å². The summed E-state index contributed by atoms with van der Waals surface area (Å²) in [5, 5.41) is 25.4. The summed E-state index contributed by atoms with van der Waals surface area (Å²) >= 11 is 14.8. The van der Waals surface area contributed by atoms with E-state index < -0.39 is 142 Å². The summed E-state index contributed by atoms with van der Waals surface area (Å²) in [6.07, 6.45) is -31.5. The number of hydrogen-bond acceptors (Lipinski definition) is 8. The number of nitrogens with zero attached hydrogens (tertiary/aromatic N) is 1. The smallest absolute Gasteiger partial charge is 0.416 e. The number of nitro benzene ring substituents is 1. The Morgan fingerprint density at radius 1 is 0.478 bits per heavy atom. The summed E-state index contributed by atoms with van der Waals surface area (Å²) in [4.78, 5) is 46.4. The van der Waals surface area contributed by atoms with Crippen LogP contribution in [0.5, 0.6) is 5.75 Å². The van der Waals surface area contributed by atoms with Gasteiger partial charge in [0.2, 0.25) is 0 Å². The van der Waals surface area contributed by atoms with Crippen LogP contribution in [0.25, 0.3) is 0 Å². The Morgan fingerprint density at radius 2 is 0.731 bits per heavy atom. The first-order valence-electron chi connectivity index (χ1n) is 16.5. The molecule has 0 aromatic heterocycles. The van der Waals surface area contributed by atoms with Crippen LogP contribution in [-0.2, 0) is 37.1 Å². The average Bonchev–Trinajstić information content (AvgIpc) is 3.16. The maximum Gasteiger partial charge on any atom is 0.416 e. The maximum absolute atomic E-state index is 12.9. The van der Waals surface area contributed by atoms with Crippen molar-refractivity contribution in [2.75, 3.05) is 5.32 Å². The van der Waals surface area contributed by atoms with E-state index in [2.05, 4.69) is 17.5 Å². The Morgan fingerprint density at radius 3 is 0.970 bits per heavy atom. The molecule has 67 heavy (non-hydrogen) atoms. The zero-order valence-electron chi connectivity index (χ0n) is 31.3. The van der Waals surface area contributed by atoms with Gasteiger partial charge in [0.15, 0.2) is 10.2 Å². The molecule has 0 saturated carbocycles. The summed E-state index contributed by atoms with van der Waals surface area (Å²) < 4.78 is 232. The number of rotatable bonds is 5. The Labute approximate surface area is 374 Å². The number of alkyl halides is 18. The lowest BCUT2D eigenvalue weighted by Crippen LogP contribution is -2.42. The minimum absolute atomic E-state index is 0.0252. The first-order valence-corrected chi connectivity index (χ1v) is 17.7. The minimum atomic E-state index is -5.30. The van der Waals surface area contributed by atoms with E-state index >= 15 is 0 Å². The fraction of sp³-hybridized carbons (Fsp3) is 0.171. The third kappa shape index (κ3) is 15.3. The predicted octanol–water partition coefficient (Wildman–Crippen LogP) is 11.3. The zero-order chi connectivity index (χ0) is 51.6. The summed E-state index contributed by atoms with van der Waals surface area (Å²) in [6.45, 7) is 0. The number of benzene rings is 4. The van der Waals surface area contributed by atoms with E-state index in [9.17, 15) is 109 Å². The number of aromatic hydroxyl groups is 1. The van der Waals surface area contributed by atoms with Gasteiger partial charge in [-0.05, 0) is 79.0 Å². The van der Waals surface area contributed by atoms with Crippen molar-refractivity contribution in [2.45, 2.75) is 37.1 Å². The lowest BCUT2D eigenvalue weighted by atomic mass is 10.0. The third-order valence-electron chi connectivity index (χ3n) is 7.74. The molecule has 0 bridgehead atoms. The van der Waals surface area contributed by atoms with Gasteiger partial charge in [-0.3, -0.25) is 40.4 Å². The zero-order valence-corrected chi connectivity index (χ0v) is 33.7. The summed E-state index contributed by atoms with van der Waals surface area (Å²) in [5.74, 6) is -5.46. The van der Waals surface area contributed by atoms with Crippen LogP contribution in [0.1, 0.15) is 64.5 Å². The Bertz CT molecular complexity index is 2440. The van der Waals surface area contributed by atoms with Crippen molar-refractivity contribution in [1.29, 1.82) is 0 Å². The van der Waals surface area contributed by atoms with E-state index in [1.54, 1.807) is 0 Å².